The molecule has 8 heteroatoms. The molecule has 1 aliphatic carbocycles. The van der Waals surface area contributed by atoms with E-state index in [1.54, 1.807) is 13.0 Å². The molecule has 7 nitrogen and oxygen atoms in total. The number of nitrogens with zero attached hydrogens (tertiary/aromatic N) is 1. The van der Waals surface area contributed by atoms with Gasteiger partial charge in [0.15, 0.2) is 3.51 Å². The summed E-state index contributed by atoms with van der Waals surface area (Å²) >= 11 is -1.21. The van der Waals surface area contributed by atoms with Crippen LogP contribution in [0.15, 0.2) is 18.2 Å². The van der Waals surface area contributed by atoms with Crippen LogP contribution in [0.1, 0.15) is 31.2 Å². The Morgan fingerprint density at radius 1 is 1.17 bits per heavy atom. The summed E-state index contributed by atoms with van der Waals surface area (Å²) in [4.78, 5) is 34.9. The van der Waals surface area contributed by atoms with E-state index in [9.17, 15) is 19.7 Å². The van der Waals surface area contributed by atoms with Gasteiger partial charge in [-0.25, -0.2) is 9.59 Å². The Morgan fingerprint density at radius 3 is 2.35 bits per heavy atom. The van der Waals surface area contributed by atoms with Crippen molar-refractivity contribution in [2.75, 3.05) is 0 Å². The number of nitro groups is 1. The standard InChI is InChI=1S/C15H14INO6/c1-9-4-5-10(17(20)21)8-11(9)16-12-13(18)22-15(23-14(12)19)6-2-3-7-15/h4-5,8H,2-3,6-7H2,1H3. The highest BCUT2D eigenvalue weighted by Gasteiger charge is 2.48. The SMILES string of the molecule is Cc1ccc([N+](=O)[O-])cc1I=C1C(=O)OC2(CCCC2)OC1=O. The predicted octanol–water partition coefficient (Wildman–Crippen LogP) is 2.59. The molecule has 2 fully saturated rings. The Labute approximate surface area is 141 Å². The number of hydrogen-bond donors (Lipinski definition) is 0. The van der Waals surface area contributed by atoms with E-state index in [-0.39, 0.29) is 9.20 Å². The summed E-state index contributed by atoms with van der Waals surface area (Å²) in [6.07, 6.45) is 2.78. The molecule has 1 aliphatic heterocycles. The Kier molecular flexibility index (Phi) is 4.17. The average Bonchev–Trinajstić information content (AvgIpc) is 2.92. The van der Waals surface area contributed by atoms with Gasteiger partial charge in [-0.05, 0) is 25.3 Å². The second kappa shape index (κ2) is 5.99. The number of aryl methyl sites for hydroxylation is 1. The molecule has 0 atom stereocenters. The van der Waals surface area contributed by atoms with E-state index in [1.807, 2.05) is 0 Å². The number of rotatable bonds is 2. The molecule has 0 bridgehead atoms. The molecule has 23 heavy (non-hydrogen) atoms. The lowest BCUT2D eigenvalue weighted by Gasteiger charge is -2.32. The van der Waals surface area contributed by atoms with Gasteiger partial charge in [0.2, 0.25) is 0 Å². The van der Waals surface area contributed by atoms with Gasteiger partial charge in [0, 0.05) is 28.5 Å². The van der Waals surface area contributed by atoms with Crippen LogP contribution >= 0.6 is 20.7 Å². The Hall–Kier alpha value is -1.84. The van der Waals surface area contributed by atoms with E-state index in [4.69, 9.17) is 9.47 Å². The van der Waals surface area contributed by atoms with E-state index in [0.29, 0.717) is 16.4 Å². The minimum Gasteiger partial charge on any atom is -0.418 e. The van der Waals surface area contributed by atoms with Gasteiger partial charge in [-0.1, -0.05) is 26.8 Å². The molecule has 1 aromatic carbocycles. The van der Waals surface area contributed by atoms with Gasteiger partial charge in [-0.2, -0.15) is 0 Å². The highest BCUT2D eigenvalue weighted by molar-refractivity contribution is 14.2. The van der Waals surface area contributed by atoms with Gasteiger partial charge < -0.3 is 9.47 Å². The second-order valence-corrected chi connectivity index (χ2v) is 8.28. The lowest BCUT2D eigenvalue weighted by molar-refractivity contribution is -0.385. The zero-order valence-corrected chi connectivity index (χ0v) is 14.5. The first kappa shape index (κ1) is 16.0. The molecule has 122 valence electrons. The maximum absolute atomic E-state index is 12.2. The van der Waals surface area contributed by atoms with Gasteiger partial charge >= 0.3 is 11.9 Å². The summed E-state index contributed by atoms with van der Waals surface area (Å²) in [5, 5.41) is 10.9. The number of nitro benzene ring substituents is 1. The smallest absolute Gasteiger partial charge is 0.354 e. The van der Waals surface area contributed by atoms with Gasteiger partial charge in [-0.15, -0.1) is 0 Å². The molecule has 1 heterocycles. The summed E-state index contributed by atoms with van der Waals surface area (Å²) in [6, 6.07) is 4.43. The minimum atomic E-state index is -1.21. The molecule has 0 unspecified atom stereocenters. The quantitative estimate of drug-likeness (QED) is 0.309. The lowest BCUT2D eigenvalue weighted by atomic mass is 10.2. The molecular formula is C15H14INO6. The minimum absolute atomic E-state index is 0.00933. The zero-order chi connectivity index (χ0) is 16.6. The first-order valence-electron chi connectivity index (χ1n) is 7.14. The first-order valence-corrected chi connectivity index (χ1v) is 9.29. The predicted molar refractivity (Wildman–Crippen MR) is 88.9 cm³/mol. The molecule has 1 aromatic rings. The summed E-state index contributed by atoms with van der Waals surface area (Å²) in [7, 11) is 0. The average molecular weight is 431 g/mol. The normalized spacial score (nSPS) is 19.6. The van der Waals surface area contributed by atoms with Crippen molar-refractivity contribution >= 4 is 41.9 Å². The van der Waals surface area contributed by atoms with Crippen LogP contribution in [-0.2, 0) is 19.1 Å². The maximum atomic E-state index is 12.2. The van der Waals surface area contributed by atoms with Crippen LogP contribution in [0.5, 0.6) is 0 Å². The van der Waals surface area contributed by atoms with E-state index >= 15 is 0 Å². The van der Waals surface area contributed by atoms with Crippen LogP contribution in [-0.4, -0.2) is 26.2 Å². The van der Waals surface area contributed by atoms with Crippen molar-refractivity contribution < 1.29 is 24.0 Å². The fraction of sp³-hybridized carbons (Fsp3) is 0.400. The molecule has 0 amide bonds. The van der Waals surface area contributed by atoms with Gasteiger partial charge in [-0.3, -0.25) is 10.1 Å². The second-order valence-electron chi connectivity index (χ2n) is 5.50. The number of non-ortho nitro benzene ring substituents is 1. The summed E-state index contributed by atoms with van der Waals surface area (Å²) in [5.41, 5.74) is 0.744. The lowest BCUT2D eigenvalue weighted by Crippen LogP contribution is -2.48. The summed E-state index contributed by atoms with van der Waals surface area (Å²) in [5.74, 6) is -2.36. The van der Waals surface area contributed by atoms with Gasteiger partial charge in [0.1, 0.15) is 0 Å². The number of benzene rings is 1. The zero-order valence-electron chi connectivity index (χ0n) is 12.3. The van der Waals surface area contributed by atoms with E-state index < -0.39 is 43.4 Å². The molecule has 2 aliphatic rings. The van der Waals surface area contributed by atoms with Crippen molar-refractivity contribution in [3.63, 3.8) is 0 Å². The third-order valence-corrected chi connectivity index (χ3v) is 7.01. The van der Waals surface area contributed by atoms with Crippen molar-refractivity contribution in [1.82, 2.24) is 0 Å². The number of hydrogen-bond acceptors (Lipinski definition) is 6. The fourth-order valence-corrected chi connectivity index (χ4v) is 4.95. The van der Waals surface area contributed by atoms with Gasteiger partial charge in [0.05, 0.1) is 4.92 Å². The monoisotopic (exact) mass is 431 g/mol. The highest BCUT2D eigenvalue weighted by atomic mass is 127. The van der Waals surface area contributed by atoms with Gasteiger partial charge in [0.25, 0.3) is 11.5 Å². The van der Waals surface area contributed by atoms with Crippen molar-refractivity contribution in [3.8, 4) is 0 Å². The molecule has 3 rings (SSSR count). The van der Waals surface area contributed by atoms with Crippen molar-refractivity contribution in [2.24, 2.45) is 0 Å². The largest absolute Gasteiger partial charge is 0.418 e. The molecule has 1 saturated carbocycles. The number of carbonyl (C=O) groups is 2. The Balaban J connectivity index is 1.94. The number of ether oxygens (including phenoxy) is 2. The van der Waals surface area contributed by atoms with Crippen LogP contribution in [0.4, 0.5) is 5.69 Å². The number of carbonyl (C=O) groups excluding carboxylic acids is 2. The molecule has 0 N–H and O–H groups in total. The van der Waals surface area contributed by atoms with Crippen LogP contribution < -0.4 is 0 Å². The fourth-order valence-electron chi connectivity index (χ4n) is 2.63. The van der Waals surface area contributed by atoms with Crippen molar-refractivity contribution in [1.29, 1.82) is 0 Å². The Morgan fingerprint density at radius 2 is 1.78 bits per heavy atom. The van der Waals surface area contributed by atoms with Crippen LogP contribution in [0.3, 0.4) is 0 Å². The first-order chi connectivity index (χ1) is 10.9. The van der Waals surface area contributed by atoms with Crippen LogP contribution in [0, 0.1) is 20.6 Å². The maximum Gasteiger partial charge on any atom is 0.354 e. The van der Waals surface area contributed by atoms with Crippen molar-refractivity contribution in [2.45, 2.75) is 38.4 Å². The topological polar surface area (TPSA) is 95.7 Å². The number of esters is 2. The molecular weight excluding hydrogens is 417 g/mol. The molecule has 1 spiro atoms. The van der Waals surface area contributed by atoms with E-state index in [0.717, 1.165) is 18.4 Å². The molecule has 0 aromatic heterocycles. The third-order valence-electron chi connectivity index (χ3n) is 3.84. The van der Waals surface area contributed by atoms with E-state index in [1.165, 1.54) is 12.1 Å². The highest BCUT2D eigenvalue weighted by Crippen LogP contribution is 2.38. The Bertz CT molecular complexity index is 713. The van der Waals surface area contributed by atoms with E-state index in [2.05, 4.69) is 0 Å². The van der Waals surface area contributed by atoms with Crippen LogP contribution in [0.2, 0.25) is 0 Å². The number of halogens is 1. The van der Waals surface area contributed by atoms with Crippen LogP contribution in [0.25, 0.3) is 0 Å². The van der Waals surface area contributed by atoms with Crippen molar-refractivity contribution in [3.05, 3.63) is 37.4 Å². The summed E-state index contributed by atoms with van der Waals surface area (Å²) in [6.45, 7) is 1.79. The third kappa shape index (κ3) is 3.12. The summed E-state index contributed by atoms with van der Waals surface area (Å²) < 4.78 is 11.4. The molecule has 0 radical (unpaired) electrons. The molecule has 1 saturated heterocycles.